The summed E-state index contributed by atoms with van der Waals surface area (Å²) in [6.45, 7) is -0.103. The van der Waals surface area contributed by atoms with Crippen LogP contribution in [-0.4, -0.2) is 17.4 Å². The second-order valence-electron chi connectivity index (χ2n) is 5.50. The third-order valence-corrected chi connectivity index (χ3v) is 5.89. The topological polar surface area (TPSA) is 75.7 Å². The molecule has 0 radical (unpaired) electrons. The van der Waals surface area contributed by atoms with Crippen LogP contribution in [0.5, 0.6) is 0 Å². The van der Waals surface area contributed by atoms with Crippen molar-refractivity contribution in [1.29, 1.82) is 0 Å². The van der Waals surface area contributed by atoms with Crippen LogP contribution in [0.1, 0.15) is 30.9 Å². The maximum atomic E-state index is 12.4. The molecule has 1 saturated heterocycles. The minimum atomic E-state index is -3.21. The Balaban J connectivity index is 2.08. The first-order valence-electron chi connectivity index (χ1n) is 6.82. The molecule has 0 N–H and O–H groups in total. The molecule has 1 saturated carbocycles. The van der Waals surface area contributed by atoms with E-state index in [0.717, 1.165) is 0 Å². The highest BCUT2D eigenvalue weighted by Crippen LogP contribution is 2.57. The van der Waals surface area contributed by atoms with Crippen LogP contribution in [0.25, 0.3) is 0 Å². The van der Waals surface area contributed by atoms with Crippen molar-refractivity contribution in [2.45, 2.75) is 30.4 Å². The fraction of sp³-hybridized carbons (Fsp3) is 0.500. The highest BCUT2D eigenvalue weighted by Gasteiger charge is 2.62. The molecule has 8 heteroatoms. The summed E-state index contributed by atoms with van der Waals surface area (Å²) in [5, 5.41) is 0.397. The van der Waals surface area contributed by atoms with Gasteiger partial charge in [-0.3, -0.25) is 14.3 Å². The molecule has 0 bridgehead atoms. The van der Waals surface area contributed by atoms with E-state index < -0.39 is 24.5 Å². The molecule has 1 spiro atoms. The average molecular weight is 363 g/mol. The van der Waals surface area contributed by atoms with Gasteiger partial charge in [-0.05, 0) is 18.9 Å². The summed E-state index contributed by atoms with van der Waals surface area (Å²) in [7, 11) is -3.21. The maximum Gasteiger partial charge on any atom is 0.455 e. The monoisotopic (exact) mass is 362 g/mol. The van der Waals surface area contributed by atoms with Crippen LogP contribution in [0.3, 0.4) is 0 Å². The average Bonchev–Trinajstić information content (AvgIpc) is 2.84. The third-order valence-electron chi connectivity index (χ3n) is 4.26. The Morgan fingerprint density at radius 1 is 1.36 bits per heavy atom. The summed E-state index contributed by atoms with van der Waals surface area (Å²) in [6.07, 6.45) is 0.803. The predicted molar refractivity (Wildman–Crippen MR) is 78.7 cm³/mol. The Morgan fingerprint density at radius 2 is 2.09 bits per heavy atom. The van der Waals surface area contributed by atoms with Gasteiger partial charge < -0.3 is 4.89 Å². The van der Waals surface area contributed by atoms with Crippen molar-refractivity contribution >= 4 is 37.0 Å². The number of hydrogen-bond donors (Lipinski definition) is 0. The van der Waals surface area contributed by atoms with Crippen LogP contribution in [0.2, 0.25) is 5.02 Å². The third kappa shape index (κ3) is 2.50. The van der Waals surface area contributed by atoms with E-state index in [4.69, 9.17) is 32.7 Å². The number of hydrogen-bond acceptors (Lipinski definition) is 5. The number of alkyl halides is 1. The van der Waals surface area contributed by atoms with Gasteiger partial charge in [-0.2, -0.15) is 0 Å². The molecular formula is C14H13Cl2O5P. The van der Waals surface area contributed by atoms with Crippen LogP contribution < -0.4 is 4.89 Å². The Morgan fingerprint density at radius 3 is 2.68 bits per heavy atom. The lowest BCUT2D eigenvalue weighted by atomic mass is 9.76. The summed E-state index contributed by atoms with van der Waals surface area (Å²) >= 11 is 12.1. The van der Waals surface area contributed by atoms with Crippen LogP contribution in [-0.2, 0) is 18.8 Å². The van der Waals surface area contributed by atoms with E-state index in [2.05, 4.69) is 0 Å². The standard InChI is InChI=1S/C14H13Cl2O5P/c15-10-5-2-1-4-9(10)12-13(7-3-6-11(13)17)8-20-14(16,21-12)22(18)19/h1-2,4-5,12H,3,6-8H2. The number of benzene rings is 1. The number of carbonyl (C=O) groups excluding carboxylic acids is 1. The maximum absolute atomic E-state index is 12.4. The zero-order valence-corrected chi connectivity index (χ0v) is 13.9. The number of halogens is 2. The van der Waals surface area contributed by atoms with E-state index in [1.165, 1.54) is 0 Å². The molecule has 0 aromatic heterocycles. The largest absolute Gasteiger partial charge is 0.590 e. The summed E-state index contributed by atoms with van der Waals surface area (Å²) in [4.78, 5) is 21.5. The molecule has 1 aromatic rings. The zero-order chi connectivity index (χ0) is 16.0. The molecule has 5 nitrogen and oxygen atoms in total. The van der Waals surface area contributed by atoms with Crippen molar-refractivity contribution in [2.24, 2.45) is 5.41 Å². The van der Waals surface area contributed by atoms with Crippen molar-refractivity contribution in [2.75, 3.05) is 6.61 Å². The van der Waals surface area contributed by atoms with E-state index in [1.807, 2.05) is 0 Å². The molecule has 1 heterocycles. The van der Waals surface area contributed by atoms with Crippen molar-refractivity contribution in [3.63, 3.8) is 0 Å². The summed E-state index contributed by atoms with van der Waals surface area (Å²) in [5.74, 6) is -0.0164. The van der Waals surface area contributed by atoms with Crippen LogP contribution in [0.4, 0.5) is 0 Å². The van der Waals surface area contributed by atoms with Gasteiger partial charge in [-0.15, -0.1) is 0 Å². The van der Waals surface area contributed by atoms with E-state index >= 15 is 0 Å². The lowest BCUT2D eigenvalue weighted by Crippen LogP contribution is -2.50. The molecular weight excluding hydrogens is 350 g/mol. The van der Waals surface area contributed by atoms with Crippen molar-refractivity contribution in [3.05, 3.63) is 34.9 Å². The smallest absolute Gasteiger partial charge is 0.455 e. The molecule has 22 heavy (non-hydrogen) atoms. The Labute approximate surface area is 138 Å². The summed E-state index contributed by atoms with van der Waals surface area (Å²) in [5.41, 5.74) is -0.390. The van der Waals surface area contributed by atoms with Gasteiger partial charge in [-0.1, -0.05) is 34.4 Å². The quantitative estimate of drug-likeness (QED) is 0.596. The lowest BCUT2D eigenvalue weighted by Gasteiger charge is -2.43. The number of rotatable bonds is 2. The highest BCUT2D eigenvalue weighted by molar-refractivity contribution is 7.40. The second-order valence-corrected chi connectivity index (χ2v) is 7.77. The number of Topliss-reactive ketones (excluding diaryl/α,β-unsaturated/α-hetero) is 1. The van der Waals surface area contributed by atoms with Gasteiger partial charge in [0.2, 0.25) is 0 Å². The Kier molecular flexibility index (Phi) is 4.32. The predicted octanol–water partition coefficient (Wildman–Crippen LogP) is 3.12. The van der Waals surface area contributed by atoms with Gasteiger partial charge in [-0.25, -0.2) is 0 Å². The number of carbonyl (C=O) groups is 1. The minimum Gasteiger partial charge on any atom is -0.590 e. The van der Waals surface area contributed by atoms with Crippen molar-refractivity contribution in [1.82, 2.24) is 0 Å². The van der Waals surface area contributed by atoms with Gasteiger partial charge in [0.15, 0.2) is 0 Å². The minimum absolute atomic E-state index is 0.0164. The van der Waals surface area contributed by atoms with Crippen molar-refractivity contribution < 1.29 is 23.7 Å². The fourth-order valence-electron chi connectivity index (χ4n) is 3.11. The first-order valence-corrected chi connectivity index (χ1v) is 8.75. The van der Waals surface area contributed by atoms with E-state index in [9.17, 15) is 14.3 Å². The molecule has 2 aliphatic rings. The van der Waals surface area contributed by atoms with E-state index in [0.29, 0.717) is 29.8 Å². The summed E-state index contributed by atoms with van der Waals surface area (Å²) < 4.78 is 22.1. The van der Waals surface area contributed by atoms with Gasteiger partial charge in [0.05, 0.1) is 12.0 Å². The van der Waals surface area contributed by atoms with E-state index in [-0.39, 0.29) is 12.4 Å². The summed E-state index contributed by atoms with van der Waals surface area (Å²) in [6, 6.07) is 6.87. The molecule has 1 aliphatic carbocycles. The lowest BCUT2D eigenvalue weighted by molar-refractivity contribution is -0.275. The molecule has 4 unspecified atom stereocenters. The molecule has 118 valence electrons. The molecule has 3 rings (SSSR count). The van der Waals surface area contributed by atoms with E-state index in [1.54, 1.807) is 24.3 Å². The molecule has 1 aliphatic heterocycles. The van der Waals surface area contributed by atoms with Crippen LogP contribution in [0, 0.1) is 5.41 Å². The Bertz CT molecular complexity index is 639. The highest BCUT2D eigenvalue weighted by atomic mass is 35.5. The van der Waals surface area contributed by atoms with Gasteiger partial charge in [0.25, 0.3) is 0 Å². The van der Waals surface area contributed by atoms with Gasteiger partial charge in [0, 0.05) is 28.6 Å². The Hall–Kier alpha value is -0.550. The first-order chi connectivity index (χ1) is 10.4. The molecule has 2 fully saturated rings. The van der Waals surface area contributed by atoms with Gasteiger partial charge >= 0.3 is 13.0 Å². The fourth-order valence-corrected chi connectivity index (χ4v) is 3.85. The molecule has 4 atom stereocenters. The number of ether oxygens (including phenoxy) is 2. The first kappa shape index (κ1) is 16.3. The van der Waals surface area contributed by atoms with Crippen LogP contribution in [0.15, 0.2) is 24.3 Å². The SMILES string of the molecule is O=C1CCCC12COC(Cl)([P+](=O)[O-])OC2c1ccccc1Cl. The number of ketones is 1. The molecule has 0 amide bonds. The van der Waals surface area contributed by atoms with Crippen molar-refractivity contribution in [3.8, 4) is 0 Å². The second kappa shape index (κ2) is 5.82. The zero-order valence-electron chi connectivity index (χ0n) is 11.5. The van der Waals surface area contributed by atoms with Crippen LogP contribution >= 0.6 is 31.2 Å². The normalized spacial score (nSPS) is 35.9. The van der Waals surface area contributed by atoms with Gasteiger partial charge in [0.1, 0.15) is 11.9 Å². The molecule has 1 aromatic carbocycles.